The lowest BCUT2D eigenvalue weighted by Crippen LogP contribution is -2.36. The third kappa shape index (κ3) is 5.32. The van der Waals surface area contributed by atoms with Crippen LogP contribution in [0.25, 0.3) is 11.2 Å². The van der Waals surface area contributed by atoms with Crippen LogP contribution in [-0.2, 0) is 9.53 Å². The molecule has 12 heteroatoms. The van der Waals surface area contributed by atoms with Gasteiger partial charge in [0.2, 0.25) is 11.9 Å². The molecular formula is C25H29Cl3N6O3. The number of hydrogen-bond donors (Lipinski definition) is 3. The summed E-state index contributed by atoms with van der Waals surface area (Å²) in [5, 5.41) is 17.6. The average Bonchev–Trinajstić information content (AvgIpc) is 3.20. The van der Waals surface area contributed by atoms with E-state index in [4.69, 9.17) is 49.5 Å². The highest BCUT2D eigenvalue weighted by atomic mass is 35.5. The van der Waals surface area contributed by atoms with Gasteiger partial charge in [0.25, 0.3) is 0 Å². The first-order valence-electron chi connectivity index (χ1n) is 12.4. The first-order valence-corrected chi connectivity index (χ1v) is 13.5. The Labute approximate surface area is 229 Å². The summed E-state index contributed by atoms with van der Waals surface area (Å²) in [5.41, 5.74) is 1.01. The van der Waals surface area contributed by atoms with Crippen LogP contribution in [0.1, 0.15) is 52.0 Å². The van der Waals surface area contributed by atoms with Crippen molar-refractivity contribution < 1.29 is 14.6 Å². The van der Waals surface area contributed by atoms with Crippen molar-refractivity contribution >= 4 is 69.5 Å². The number of hydrogen-bond acceptors (Lipinski definition) is 7. The SMILES string of the molecule is C[C@@H]1COCC[C@H]1Nc1ncc2nc(Nc3c(Cl)cc(Cl)cc3Cl)n(C3CCC(C)(C(=O)O)CC3)c2n1. The summed E-state index contributed by atoms with van der Waals surface area (Å²) in [5.74, 6) is 0.596. The van der Waals surface area contributed by atoms with Crippen molar-refractivity contribution in [2.24, 2.45) is 11.3 Å². The van der Waals surface area contributed by atoms with Crippen LogP contribution < -0.4 is 10.6 Å². The Bertz CT molecular complexity index is 1300. The maximum absolute atomic E-state index is 11.8. The number of nitrogens with zero attached hydrogens (tertiary/aromatic N) is 4. The minimum absolute atomic E-state index is 0.0190. The predicted molar refractivity (Wildman–Crippen MR) is 145 cm³/mol. The number of aromatic nitrogens is 4. The molecule has 198 valence electrons. The van der Waals surface area contributed by atoms with Crippen molar-refractivity contribution in [2.45, 2.75) is 58.0 Å². The molecule has 3 aromatic rings. The van der Waals surface area contributed by atoms with E-state index in [1.807, 2.05) is 11.5 Å². The molecule has 1 saturated carbocycles. The molecule has 1 aliphatic carbocycles. The highest BCUT2D eigenvalue weighted by molar-refractivity contribution is 6.41. The van der Waals surface area contributed by atoms with Gasteiger partial charge in [-0.2, -0.15) is 4.98 Å². The zero-order valence-electron chi connectivity index (χ0n) is 20.6. The molecule has 1 saturated heterocycles. The zero-order chi connectivity index (χ0) is 26.3. The summed E-state index contributed by atoms with van der Waals surface area (Å²) in [6.45, 7) is 5.34. The maximum Gasteiger partial charge on any atom is 0.309 e. The largest absolute Gasteiger partial charge is 0.481 e. The normalized spacial score (nSPS) is 26.2. The third-order valence-electron chi connectivity index (χ3n) is 7.57. The molecule has 3 N–H and O–H groups in total. The molecule has 0 unspecified atom stereocenters. The number of anilines is 3. The standard InChI is InChI=1S/C25H29Cl3N6O3/c1-13-12-37-8-5-18(13)30-23-29-11-19-21(33-23)34(15-3-6-25(2,7-4-15)22(35)36)24(31-19)32-20-16(27)9-14(26)10-17(20)28/h9-11,13,15,18H,3-8,12H2,1-2H3,(H,31,32)(H,35,36)(H,29,30,33)/t13-,15?,18-,25?/m1/s1. The van der Waals surface area contributed by atoms with Gasteiger partial charge in [-0.3, -0.25) is 9.36 Å². The van der Waals surface area contributed by atoms with Gasteiger partial charge in [0.15, 0.2) is 5.65 Å². The lowest BCUT2D eigenvalue weighted by Gasteiger charge is -2.35. The molecule has 9 nitrogen and oxygen atoms in total. The second-order valence-electron chi connectivity index (χ2n) is 10.3. The smallest absolute Gasteiger partial charge is 0.309 e. The number of nitrogens with one attached hydrogen (secondary N) is 2. The van der Waals surface area contributed by atoms with E-state index in [0.717, 1.165) is 6.42 Å². The van der Waals surface area contributed by atoms with E-state index in [9.17, 15) is 9.90 Å². The first kappa shape index (κ1) is 26.3. The molecule has 5 rings (SSSR count). The number of carboxylic acids is 1. The van der Waals surface area contributed by atoms with Crippen molar-refractivity contribution in [1.82, 2.24) is 19.5 Å². The molecular weight excluding hydrogens is 539 g/mol. The Balaban J connectivity index is 1.54. The van der Waals surface area contributed by atoms with Crippen LogP contribution in [-0.4, -0.2) is 49.9 Å². The van der Waals surface area contributed by atoms with Crippen LogP contribution in [0.3, 0.4) is 0 Å². The summed E-state index contributed by atoms with van der Waals surface area (Å²) in [6, 6.07) is 3.41. The molecule has 0 bridgehead atoms. The van der Waals surface area contributed by atoms with E-state index < -0.39 is 11.4 Å². The molecule has 0 spiro atoms. The highest BCUT2D eigenvalue weighted by Crippen LogP contribution is 2.44. The second-order valence-corrected chi connectivity index (χ2v) is 11.5. The van der Waals surface area contributed by atoms with Gasteiger partial charge in [0, 0.05) is 23.7 Å². The topological polar surface area (TPSA) is 114 Å². The molecule has 0 radical (unpaired) electrons. The van der Waals surface area contributed by atoms with E-state index in [1.54, 1.807) is 18.3 Å². The zero-order valence-corrected chi connectivity index (χ0v) is 22.9. The molecule has 1 aliphatic heterocycles. The van der Waals surface area contributed by atoms with E-state index >= 15 is 0 Å². The average molecular weight is 568 g/mol. The number of carboxylic acid groups (broad SMARTS) is 1. The Hall–Kier alpha value is -2.33. The lowest BCUT2D eigenvalue weighted by molar-refractivity contribution is -0.150. The van der Waals surface area contributed by atoms with Crippen molar-refractivity contribution in [1.29, 1.82) is 0 Å². The maximum atomic E-state index is 11.8. The number of ether oxygens (including phenoxy) is 1. The van der Waals surface area contributed by atoms with Crippen molar-refractivity contribution in [3.8, 4) is 0 Å². The van der Waals surface area contributed by atoms with Gasteiger partial charge in [-0.05, 0) is 57.1 Å². The van der Waals surface area contributed by atoms with Gasteiger partial charge in [0.1, 0.15) is 5.52 Å². The lowest BCUT2D eigenvalue weighted by atomic mass is 9.74. The molecule has 2 atom stereocenters. The minimum atomic E-state index is -0.765. The molecule has 3 heterocycles. The van der Waals surface area contributed by atoms with E-state index in [2.05, 4.69) is 22.5 Å². The Morgan fingerprint density at radius 2 is 1.86 bits per heavy atom. The summed E-state index contributed by atoms with van der Waals surface area (Å²) in [7, 11) is 0. The summed E-state index contributed by atoms with van der Waals surface area (Å²) in [4.78, 5) is 26.0. The minimum Gasteiger partial charge on any atom is -0.481 e. The Kier molecular flexibility index (Phi) is 7.42. The fourth-order valence-electron chi connectivity index (χ4n) is 5.14. The molecule has 1 aromatic carbocycles. The third-order valence-corrected chi connectivity index (χ3v) is 8.39. The molecule has 37 heavy (non-hydrogen) atoms. The van der Waals surface area contributed by atoms with Crippen molar-refractivity contribution in [3.05, 3.63) is 33.4 Å². The van der Waals surface area contributed by atoms with Gasteiger partial charge in [-0.25, -0.2) is 9.97 Å². The number of benzene rings is 1. The number of rotatable bonds is 6. The van der Waals surface area contributed by atoms with Crippen molar-refractivity contribution in [2.75, 3.05) is 23.8 Å². The van der Waals surface area contributed by atoms with Gasteiger partial charge >= 0.3 is 5.97 Å². The van der Waals surface area contributed by atoms with E-state index in [-0.39, 0.29) is 12.1 Å². The number of carbonyl (C=O) groups is 1. The van der Waals surface area contributed by atoms with Crippen LogP contribution in [0.2, 0.25) is 15.1 Å². The number of fused-ring (bicyclic) bond motifs is 1. The Morgan fingerprint density at radius 3 is 2.51 bits per heavy atom. The molecule has 2 aromatic heterocycles. The van der Waals surface area contributed by atoms with Crippen LogP contribution >= 0.6 is 34.8 Å². The number of halogens is 3. The molecule has 0 amide bonds. The summed E-state index contributed by atoms with van der Waals surface area (Å²) < 4.78 is 7.59. The first-order chi connectivity index (χ1) is 17.6. The van der Waals surface area contributed by atoms with Crippen LogP contribution in [0, 0.1) is 11.3 Å². The number of imidazole rings is 1. The van der Waals surface area contributed by atoms with Gasteiger partial charge in [-0.1, -0.05) is 41.7 Å². The monoisotopic (exact) mass is 566 g/mol. The van der Waals surface area contributed by atoms with Gasteiger partial charge < -0.3 is 20.5 Å². The second kappa shape index (κ2) is 10.4. The Morgan fingerprint density at radius 1 is 1.16 bits per heavy atom. The highest BCUT2D eigenvalue weighted by Gasteiger charge is 2.39. The van der Waals surface area contributed by atoms with Gasteiger partial charge in [-0.15, -0.1) is 0 Å². The van der Waals surface area contributed by atoms with E-state index in [1.165, 1.54) is 0 Å². The quantitative estimate of drug-likeness (QED) is 0.306. The summed E-state index contributed by atoms with van der Waals surface area (Å²) in [6.07, 6.45) is 4.99. The fourth-order valence-corrected chi connectivity index (χ4v) is 6.05. The van der Waals surface area contributed by atoms with Gasteiger partial charge in [0.05, 0.1) is 34.0 Å². The molecule has 2 fully saturated rings. The van der Waals surface area contributed by atoms with E-state index in [0.29, 0.717) is 88.6 Å². The van der Waals surface area contributed by atoms with Crippen LogP contribution in [0.5, 0.6) is 0 Å². The van der Waals surface area contributed by atoms with Crippen molar-refractivity contribution in [3.63, 3.8) is 0 Å². The fraction of sp³-hybridized carbons (Fsp3) is 0.520. The van der Waals surface area contributed by atoms with Crippen LogP contribution in [0.4, 0.5) is 17.6 Å². The summed E-state index contributed by atoms with van der Waals surface area (Å²) >= 11 is 19.0. The van der Waals surface area contributed by atoms with Crippen LogP contribution in [0.15, 0.2) is 18.3 Å². The molecule has 2 aliphatic rings. The predicted octanol–water partition coefficient (Wildman–Crippen LogP) is 6.57. The number of aliphatic carboxylic acids is 1.